The first-order valence-electron chi connectivity index (χ1n) is 5.75. The van der Waals surface area contributed by atoms with Crippen LogP contribution >= 0.6 is 11.8 Å². The first kappa shape index (κ1) is 15.3. The van der Waals surface area contributed by atoms with Crippen molar-refractivity contribution in [3.8, 4) is 0 Å². The van der Waals surface area contributed by atoms with Gasteiger partial charge in [0.1, 0.15) is 6.04 Å². The maximum Gasteiger partial charge on any atom is 0.326 e. The average Bonchev–Trinajstić information content (AvgIpc) is 2.37. The molecule has 0 aliphatic rings. The van der Waals surface area contributed by atoms with Gasteiger partial charge in [0.2, 0.25) is 0 Å². The van der Waals surface area contributed by atoms with E-state index in [4.69, 9.17) is 5.11 Å². The minimum atomic E-state index is -1.04. The summed E-state index contributed by atoms with van der Waals surface area (Å²) in [6.07, 6.45) is 3.79. The second kappa shape index (κ2) is 7.63. The fourth-order valence-corrected chi connectivity index (χ4v) is 1.83. The van der Waals surface area contributed by atoms with Gasteiger partial charge in [0.05, 0.1) is 11.9 Å². The fourth-order valence-electron chi connectivity index (χ4n) is 1.36. The summed E-state index contributed by atoms with van der Waals surface area (Å²) < 4.78 is 0. The topological polar surface area (TPSA) is 91.3 Å². The third kappa shape index (κ3) is 5.60. The number of carbonyl (C=O) groups is 2. The van der Waals surface area contributed by atoms with Gasteiger partial charge < -0.3 is 15.7 Å². The van der Waals surface area contributed by atoms with Crippen LogP contribution in [0, 0.1) is 6.92 Å². The number of nitrogens with zero attached hydrogens (tertiary/aromatic N) is 1. The molecule has 104 valence electrons. The van der Waals surface area contributed by atoms with Crippen molar-refractivity contribution in [2.75, 3.05) is 17.3 Å². The minimum absolute atomic E-state index is 0.385. The van der Waals surface area contributed by atoms with Crippen LogP contribution in [-0.2, 0) is 4.79 Å². The summed E-state index contributed by atoms with van der Waals surface area (Å²) in [4.78, 5) is 26.7. The van der Waals surface area contributed by atoms with Crippen LogP contribution in [0.2, 0.25) is 0 Å². The predicted octanol–water partition coefficient (Wildman–Crippen LogP) is 1.72. The zero-order valence-electron chi connectivity index (χ0n) is 10.8. The molecule has 1 aromatic heterocycles. The standard InChI is InChI=1S/C12H17N3O3S/c1-8-3-4-9(7-13-8)14-12(18)15-10(11(16)17)5-6-19-2/h3-4,7,10H,5-6H2,1-2H3,(H,16,17)(H2,14,15,18)/t10-/m0/s1. The van der Waals surface area contributed by atoms with E-state index in [1.54, 1.807) is 12.1 Å². The SMILES string of the molecule is CSCC[C@H](NC(=O)Nc1ccc(C)nc1)C(=O)O. The Morgan fingerprint density at radius 2 is 2.21 bits per heavy atom. The maximum absolute atomic E-state index is 11.7. The molecule has 0 aliphatic heterocycles. The Balaban J connectivity index is 2.52. The van der Waals surface area contributed by atoms with E-state index in [1.807, 2.05) is 13.2 Å². The second-order valence-electron chi connectivity index (χ2n) is 3.96. The van der Waals surface area contributed by atoms with E-state index in [1.165, 1.54) is 18.0 Å². The van der Waals surface area contributed by atoms with Crippen LogP contribution in [0.3, 0.4) is 0 Å². The normalized spacial score (nSPS) is 11.7. The Bertz CT molecular complexity index is 436. The van der Waals surface area contributed by atoms with Crippen molar-refractivity contribution in [2.24, 2.45) is 0 Å². The van der Waals surface area contributed by atoms with E-state index in [0.29, 0.717) is 17.9 Å². The van der Waals surface area contributed by atoms with Crippen LogP contribution in [0.15, 0.2) is 18.3 Å². The van der Waals surface area contributed by atoms with Gasteiger partial charge in [-0.1, -0.05) is 0 Å². The Labute approximate surface area is 116 Å². The summed E-state index contributed by atoms with van der Waals surface area (Å²) in [7, 11) is 0. The second-order valence-corrected chi connectivity index (χ2v) is 4.94. The molecule has 0 radical (unpaired) electrons. The summed E-state index contributed by atoms with van der Waals surface area (Å²) >= 11 is 1.53. The van der Waals surface area contributed by atoms with Crippen LogP contribution in [0.4, 0.5) is 10.5 Å². The predicted molar refractivity (Wildman–Crippen MR) is 75.6 cm³/mol. The zero-order chi connectivity index (χ0) is 14.3. The Hall–Kier alpha value is -1.76. The van der Waals surface area contributed by atoms with Gasteiger partial charge in [-0.25, -0.2) is 9.59 Å². The van der Waals surface area contributed by atoms with Gasteiger partial charge >= 0.3 is 12.0 Å². The van der Waals surface area contributed by atoms with E-state index in [2.05, 4.69) is 15.6 Å². The third-order valence-corrected chi connectivity index (χ3v) is 3.03. The molecule has 0 unspecified atom stereocenters. The van der Waals surface area contributed by atoms with Crippen molar-refractivity contribution in [2.45, 2.75) is 19.4 Å². The molecule has 1 rings (SSSR count). The van der Waals surface area contributed by atoms with Crippen LogP contribution in [-0.4, -0.2) is 40.1 Å². The van der Waals surface area contributed by atoms with Gasteiger partial charge in [-0.15, -0.1) is 0 Å². The molecule has 1 heterocycles. The molecule has 0 aliphatic carbocycles. The number of rotatable bonds is 6. The third-order valence-electron chi connectivity index (χ3n) is 2.38. The number of aromatic nitrogens is 1. The maximum atomic E-state index is 11.7. The smallest absolute Gasteiger partial charge is 0.326 e. The molecule has 0 spiro atoms. The number of carbonyl (C=O) groups excluding carboxylic acids is 1. The molecule has 2 amide bonds. The van der Waals surface area contributed by atoms with E-state index in [0.717, 1.165) is 5.69 Å². The number of thioether (sulfide) groups is 1. The van der Waals surface area contributed by atoms with Gasteiger partial charge in [0, 0.05) is 5.69 Å². The Morgan fingerprint density at radius 1 is 1.47 bits per heavy atom. The molecule has 6 nitrogen and oxygen atoms in total. The largest absolute Gasteiger partial charge is 0.480 e. The average molecular weight is 283 g/mol. The molecule has 19 heavy (non-hydrogen) atoms. The van der Waals surface area contributed by atoms with Gasteiger partial charge in [-0.3, -0.25) is 4.98 Å². The molecule has 3 N–H and O–H groups in total. The van der Waals surface area contributed by atoms with Crippen LogP contribution in [0.25, 0.3) is 0 Å². The van der Waals surface area contributed by atoms with Crippen molar-refractivity contribution in [3.63, 3.8) is 0 Å². The highest BCUT2D eigenvalue weighted by Crippen LogP contribution is 2.06. The minimum Gasteiger partial charge on any atom is -0.480 e. The van der Waals surface area contributed by atoms with E-state index < -0.39 is 18.0 Å². The quantitative estimate of drug-likeness (QED) is 0.739. The van der Waals surface area contributed by atoms with Crippen LogP contribution in [0.5, 0.6) is 0 Å². The Morgan fingerprint density at radius 3 is 2.74 bits per heavy atom. The summed E-state index contributed by atoms with van der Waals surface area (Å²) in [5, 5.41) is 14.0. The monoisotopic (exact) mass is 283 g/mol. The highest BCUT2D eigenvalue weighted by molar-refractivity contribution is 7.98. The number of carboxylic acids is 1. The molecular formula is C12H17N3O3S. The number of aryl methyl sites for hydroxylation is 1. The van der Waals surface area contributed by atoms with E-state index in [-0.39, 0.29) is 0 Å². The first-order valence-corrected chi connectivity index (χ1v) is 7.14. The van der Waals surface area contributed by atoms with Gasteiger partial charge in [0.15, 0.2) is 0 Å². The number of hydrogen-bond acceptors (Lipinski definition) is 4. The van der Waals surface area contributed by atoms with Gasteiger partial charge in [-0.2, -0.15) is 11.8 Å². The molecular weight excluding hydrogens is 266 g/mol. The Kier molecular flexibility index (Phi) is 6.14. The van der Waals surface area contributed by atoms with Crippen LogP contribution < -0.4 is 10.6 Å². The van der Waals surface area contributed by atoms with E-state index >= 15 is 0 Å². The number of hydrogen-bond donors (Lipinski definition) is 3. The van der Waals surface area contributed by atoms with Crippen molar-refractivity contribution in [1.82, 2.24) is 10.3 Å². The molecule has 0 bridgehead atoms. The number of carboxylic acid groups (broad SMARTS) is 1. The van der Waals surface area contributed by atoms with E-state index in [9.17, 15) is 9.59 Å². The number of nitrogens with one attached hydrogen (secondary N) is 2. The molecule has 1 aromatic rings. The van der Waals surface area contributed by atoms with Gasteiger partial charge in [0.25, 0.3) is 0 Å². The highest BCUT2D eigenvalue weighted by Gasteiger charge is 2.19. The molecule has 1 atom stereocenters. The first-order chi connectivity index (χ1) is 9.02. The lowest BCUT2D eigenvalue weighted by Crippen LogP contribution is -2.43. The number of pyridine rings is 1. The summed E-state index contributed by atoms with van der Waals surface area (Å²) in [5.41, 5.74) is 1.37. The molecule has 0 aromatic carbocycles. The lowest BCUT2D eigenvalue weighted by Gasteiger charge is -2.14. The zero-order valence-corrected chi connectivity index (χ0v) is 11.7. The molecule has 0 saturated heterocycles. The highest BCUT2D eigenvalue weighted by atomic mass is 32.2. The molecule has 0 saturated carbocycles. The number of anilines is 1. The van der Waals surface area contributed by atoms with Crippen molar-refractivity contribution >= 4 is 29.4 Å². The fraction of sp³-hybridized carbons (Fsp3) is 0.417. The molecule has 7 heteroatoms. The summed E-state index contributed by atoms with van der Waals surface area (Å²) in [6.45, 7) is 1.84. The molecule has 0 fully saturated rings. The summed E-state index contributed by atoms with van der Waals surface area (Å²) in [5.74, 6) is -0.366. The van der Waals surface area contributed by atoms with Crippen molar-refractivity contribution < 1.29 is 14.7 Å². The van der Waals surface area contributed by atoms with Crippen molar-refractivity contribution in [3.05, 3.63) is 24.0 Å². The lowest BCUT2D eigenvalue weighted by atomic mass is 10.2. The van der Waals surface area contributed by atoms with Crippen LogP contribution in [0.1, 0.15) is 12.1 Å². The summed E-state index contributed by atoms with van der Waals surface area (Å²) in [6, 6.07) is 2.04. The lowest BCUT2D eigenvalue weighted by molar-refractivity contribution is -0.139. The van der Waals surface area contributed by atoms with Gasteiger partial charge in [-0.05, 0) is 37.5 Å². The van der Waals surface area contributed by atoms with Crippen molar-refractivity contribution in [1.29, 1.82) is 0 Å². The number of urea groups is 1. The number of aliphatic carboxylic acids is 1. The number of amides is 2.